The molecule has 0 saturated carbocycles. The molecule has 0 N–H and O–H groups in total. The first-order valence-electron chi connectivity index (χ1n) is 12.4. The van der Waals surface area contributed by atoms with E-state index in [0.29, 0.717) is 86.7 Å². The predicted octanol–water partition coefficient (Wildman–Crippen LogP) is 4.45. The van der Waals surface area contributed by atoms with E-state index in [9.17, 15) is 9.59 Å². The van der Waals surface area contributed by atoms with Crippen molar-refractivity contribution in [3.8, 4) is 23.0 Å². The van der Waals surface area contributed by atoms with Gasteiger partial charge >= 0.3 is 0 Å². The molecule has 6 rings (SSSR count). The Bertz CT molecular complexity index is 1190. The summed E-state index contributed by atoms with van der Waals surface area (Å²) in [5.74, 6) is 2.61. The van der Waals surface area contributed by atoms with Crippen molar-refractivity contribution in [3.05, 3.63) is 42.5 Å². The molecule has 2 amide bonds. The molecule has 8 nitrogen and oxygen atoms in total. The number of hydrogen-bond donors (Lipinski definition) is 0. The number of halogens is 2. The molecule has 2 saturated heterocycles. The maximum atomic E-state index is 13.8. The molecule has 2 aromatic carbocycles. The second-order valence-corrected chi connectivity index (χ2v) is 13.4. The van der Waals surface area contributed by atoms with Crippen LogP contribution in [-0.4, -0.2) is 74.2 Å². The van der Waals surface area contributed by atoms with Gasteiger partial charge in [-0.3, -0.25) is 9.59 Å². The molecular formula is C27H28I2N2O6. The van der Waals surface area contributed by atoms with Gasteiger partial charge in [-0.2, -0.15) is 0 Å². The van der Waals surface area contributed by atoms with E-state index in [1.165, 1.54) is 0 Å². The number of piperidine rings is 2. The second-order valence-electron chi connectivity index (χ2n) is 11.1. The predicted molar refractivity (Wildman–Crippen MR) is 153 cm³/mol. The van der Waals surface area contributed by atoms with Gasteiger partial charge < -0.3 is 28.7 Å². The van der Waals surface area contributed by atoms with Crippen LogP contribution in [0.2, 0.25) is 0 Å². The Morgan fingerprint density at radius 3 is 1.32 bits per heavy atom. The first kappa shape index (κ1) is 25.3. The molecule has 196 valence electrons. The van der Waals surface area contributed by atoms with Crippen LogP contribution in [0.15, 0.2) is 24.3 Å². The average molecular weight is 730 g/mol. The lowest BCUT2D eigenvalue weighted by atomic mass is 9.65. The Hall–Kier alpha value is -1.96. The first-order valence-corrected chi connectivity index (χ1v) is 14.6. The second kappa shape index (κ2) is 9.35. The molecule has 2 bridgehead atoms. The molecule has 2 aromatic rings. The topological polar surface area (TPSA) is 77.5 Å². The highest BCUT2D eigenvalue weighted by atomic mass is 127. The molecule has 0 spiro atoms. The number of benzene rings is 2. The van der Waals surface area contributed by atoms with E-state index in [2.05, 4.69) is 59.0 Å². The maximum absolute atomic E-state index is 13.8. The van der Waals surface area contributed by atoms with Crippen LogP contribution in [-0.2, 0) is 0 Å². The van der Waals surface area contributed by atoms with Gasteiger partial charge in [0.05, 0.1) is 11.1 Å². The van der Waals surface area contributed by atoms with Crippen molar-refractivity contribution in [1.82, 2.24) is 9.80 Å². The van der Waals surface area contributed by atoms with E-state index >= 15 is 0 Å². The van der Waals surface area contributed by atoms with Crippen LogP contribution in [0, 0.1) is 18.0 Å². The Morgan fingerprint density at radius 1 is 0.649 bits per heavy atom. The Morgan fingerprint density at radius 2 is 0.973 bits per heavy atom. The summed E-state index contributed by atoms with van der Waals surface area (Å²) in [6.07, 6.45) is 0.962. The molecule has 2 fully saturated rings. The van der Waals surface area contributed by atoms with E-state index in [0.717, 1.165) is 13.6 Å². The van der Waals surface area contributed by atoms with E-state index in [1.54, 1.807) is 0 Å². The zero-order valence-electron chi connectivity index (χ0n) is 20.8. The van der Waals surface area contributed by atoms with Crippen molar-refractivity contribution in [3.63, 3.8) is 0 Å². The normalized spacial score (nSPS) is 26.1. The van der Waals surface area contributed by atoms with E-state index in [4.69, 9.17) is 18.9 Å². The number of amides is 2. The summed E-state index contributed by atoms with van der Waals surface area (Å²) in [5, 5.41) is 0. The summed E-state index contributed by atoms with van der Waals surface area (Å²) in [5.41, 5.74) is 0.844. The molecule has 0 atom stereocenters. The molecule has 0 unspecified atom stereocenters. The van der Waals surface area contributed by atoms with Gasteiger partial charge in [-0.15, -0.1) is 0 Å². The number of fused-ring (bicyclic) bond motifs is 4. The molecule has 10 heteroatoms. The standard InChI is InChI=1S/C27H28I2N2O6/c1-26-11-27(2,14-30(12-26)24(32)16-7-20-22(9-18(16)28)36-5-3-34-20)15-31(13-26)25(33)17-8-21-23(10-19(17)29)37-6-4-35-21/h7-10H,3-6,11-15H2,1-2H3. The minimum atomic E-state index is -0.213. The van der Waals surface area contributed by atoms with Crippen molar-refractivity contribution in [2.45, 2.75) is 20.3 Å². The fourth-order valence-electron chi connectivity index (χ4n) is 6.39. The number of carbonyl (C=O) groups excluding carboxylic acids is 2. The van der Waals surface area contributed by atoms with Crippen LogP contribution < -0.4 is 18.9 Å². The Kier molecular flexibility index (Phi) is 6.40. The van der Waals surface area contributed by atoms with E-state index < -0.39 is 0 Å². The van der Waals surface area contributed by atoms with Gasteiger partial charge in [0.1, 0.15) is 26.4 Å². The zero-order valence-corrected chi connectivity index (χ0v) is 25.1. The first-order chi connectivity index (χ1) is 17.6. The van der Waals surface area contributed by atoms with Crippen LogP contribution in [0.3, 0.4) is 0 Å². The maximum Gasteiger partial charge on any atom is 0.255 e. The van der Waals surface area contributed by atoms with Gasteiger partial charge in [-0.1, -0.05) is 13.8 Å². The van der Waals surface area contributed by atoms with Gasteiger partial charge in [-0.05, 0) is 75.9 Å². The Balaban J connectivity index is 1.24. The molecule has 0 aromatic heterocycles. The molecule has 4 heterocycles. The van der Waals surface area contributed by atoms with Crippen LogP contribution in [0.4, 0.5) is 0 Å². The van der Waals surface area contributed by atoms with Crippen molar-refractivity contribution in [2.24, 2.45) is 10.8 Å². The largest absolute Gasteiger partial charge is 0.486 e. The highest BCUT2D eigenvalue weighted by molar-refractivity contribution is 14.1. The third-order valence-electron chi connectivity index (χ3n) is 7.44. The van der Waals surface area contributed by atoms with Crippen molar-refractivity contribution in [2.75, 3.05) is 52.6 Å². The summed E-state index contributed by atoms with van der Waals surface area (Å²) in [7, 11) is 0. The highest BCUT2D eigenvalue weighted by Crippen LogP contribution is 2.47. The van der Waals surface area contributed by atoms with Gasteiger partial charge in [0, 0.05) is 44.1 Å². The van der Waals surface area contributed by atoms with Gasteiger partial charge in [0.15, 0.2) is 23.0 Å². The van der Waals surface area contributed by atoms with Crippen LogP contribution in [0.25, 0.3) is 0 Å². The summed E-state index contributed by atoms with van der Waals surface area (Å²) in [6, 6.07) is 7.39. The number of nitrogens with zero attached hydrogens (tertiary/aromatic N) is 2. The average Bonchev–Trinajstić information content (AvgIpc) is 2.85. The lowest BCUT2D eigenvalue weighted by Gasteiger charge is -2.56. The fourth-order valence-corrected chi connectivity index (χ4v) is 7.73. The molecule has 37 heavy (non-hydrogen) atoms. The fraction of sp³-hybridized carbons (Fsp3) is 0.481. The Labute approximate surface area is 243 Å². The van der Waals surface area contributed by atoms with Crippen LogP contribution >= 0.6 is 45.2 Å². The third-order valence-corrected chi connectivity index (χ3v) is 9.23. The summed E-state index contributed by atoms with van der Waals surface area (Å²) in [6.45, 7) is 8.73. The lowest BCUT2D eigenvalue weighted by molar-refractivity contribution is -0.0539. The van der Waals surface area contributed by atoms with E-state index in [1.807, 2.05) is 34.1 Å². The SMILES string of the molecule is CC12CN(C(=O)c3cc4c(cc3I)OCCO4)CC(C)(CN(C(=O)c3cc4c(cc3I)OCCO4)C1)C2. The molecule has 0 aliphatic carbocycles. The van der Waals surface area contributed by atoms with Gasteiger partial charge in [0.25, 0.3) is 11.8 Å². The number of rotatable bonds is 2. The number of hydrogen-bond acceptors (Lipinski definition) is 6. The zero-order chi connectivity index (χ0) is 25.9. The quantitative estimate of drug-likeness (QED) is 0.426. The van der Waals surface area contributed by atoms with Gasteiger partial charge in [-0.25, -0.2) is 0 Å². The molecule has 4 aliphatic rings. The van der Waals surface area contributed by atoms with Crippen molar-refractivity contribution >= 4 is 57.0 Å². The summed E-state index contributed by atoms with van der Waals surface area (Å²) < 4.78 is 24.5. The number of ether oxygens (including phenoxy) is 4. The minimum absolute atomic E-state index is 0.000292. The molecular weight excluding hydrogens is 702 g/mol. The minimum Gasteiger partial charge on any atom is -0.486 e. The van der Waals surface area contributed by atoms with Gasteiger partial charge in [0.2, 0.25) is 0 Å². The summed E-state index contributed by atoms with van der Waals surface area (Å²) in [4.78, 5) is 31.4. The smallest absolute Gasteiger partial charge is 0.255 e. The molecule has 4 aliphatic heterocycles. The monoisotopic (exact) mass is 730 g/mol. The highest BCUT2D eigenvalue weighted by Gasteiger charge is 2.51. The van der Waals surface area contributed by atoms with E-state index in [-0.39, 0.29) is 22.6 Å². The van der Waals surface area contributed by atoms with Crippen LogP contribution in [0.5, 0.6) is 23.0 Å². The number of carbonyl (C=O) groups is 2. The summed E-state index contributed by atoms with van der Waals surface area (Å²) >= 11 is 4.40. The van der Waals surface area contributed by atoms with Crippen molar-refractivity contribution < 1.29 is 28.5 Å². The van der Waals surface area contributed by atoms with Crippen LogP contribution in [0.1, 0.15) is 41.0 Å². The lowest BCUT2D eigenvalue weighted by Crippen LogP contribution is -2.64. The number of likely N-dealkylation sites (tertiary alicyclic amines) is 2. The van der Waals surface area contributed by atoms with Crippen molar-refractivity contribution in [1.29, 1.82) is 0 Å². The third kappa shape index (κ3) is 4.72. The molecule has 0 radical (unpaired) electrons.